The number of carbonyl (C=O) groups is 2. The number of aryl methyl sites for hydroxylation is 2. The Bertz CT molecular complexity index is 1490. The number of sulfonamides is 1. The van der Waals surface area contributed by atoms with Crippen LogP contribution in [0.15, 0.2) is 72.8 Å². The average molecular weight is 594 g/mol. The molecule has 3 aromatic carbocycles. The van der Waals surface area contributed by atoms with Gasteiger partial charge >= 0.3 is 0 Å². The van der Waals surface area contributed by atoms with Crippen LogP contribution in [-0.4, -0.2) is 50.0 Å². The average Bonchev–Trinajstić information content (AvgIpc) is 2.96. The number of amides is 2. The fourth-order valence-electron chi connectivity index (χ4n) is 5.40. The van der Waals surface area contributed by atoms with E-state index in [4.69, 9.17) is 0 Å². The topological polar surface area (TPSA) is 86.8 Å². The summed E-state index contributed by atoms with van der Waals surface area (Å²) >= 11 is 0. The zero-order valence-corrected chi connectivity index (χ0v) is 25.4. The van der Waals surface area contributed by atoms with Crippen LogP contribution in [0.25, 0.3) is 0 Å². The van der Waals surface area contributed by atoms with Crippen molar-refractivity contribution < 1.29 is 22.4 Å². The van der Waals surface area contributed by atoms with Crippen molar-refractivity contribution in [2.75, 3.05) is 17.1 Å². The normalized spacial score (nSPS) is 14.7. The Morgan fingerprint density at radius 1 is 0.929 bits per heavy atom. The highest BCUT2D eigenvalue weighted by atomic mass is 32.2. The lowest BCUT2D eigenvalue weighted by molar-refractivity contribution is -0.140. The summed E-state index contributed by atoms with van der Waals surface area (Å²) in [6.07, 6.45) is 6.13. The van der Waals surface area contributed by atoms with Gasteiger partial charge in [0, 0.05) is 24.6 Å². The molecule has 7 nitrogen and oxygen atoms in total. The van der Waals surface area contributed by atoms with Gasteiger partial charge in [0.15, 0.2) is 0 Å². The van der Waals surface area contributed by atoms with Gasteiger partial charge in [-0.05, 0) is 61.6 Å². The largest absolute Gasteiger partial charge is 0.352 e. The van der Waals surface area contributed by atoms with E-state index in [9.17, 15) is 22.4 Å². The number of nitrogens with zero attached hydrogens (tertiary/aromatic N) is 2. The van der Waals surface area contributed by atoms with Gasteiger partial charge in [0.05, 0.1) is 11.9 Å². The van der Waals surface area contributed by atoms with Crippen LogP contribution in [0.2, 0.25) is 0 Å². The second-order valence-corrected chi connectivity index (χ2v) is 13.1. The van der Waals surface area contributed by atoms with Crippen LogP contribution in [-0.2, 0) is 32.6 Å². The molecule has 1 aliphatic carbocycles. The van der Waals surface area contributed by atoms with E-state index in [0.29, 0.717) is 5.69 Å². The lowest BCUT2D eigenvalue weighted by Gasteiger charge is -2.35. The molecule has 0 bridgehead atoms. The number of carbonyl (C=O) groups excluding carboxylic acids is 2. The van der Waals surface area contributed by atoms with Crippen LogP contribution in [0.1, 0.15) is 54.4 Å². The Morgan fingerprint density at radius 3 is 2.24 bits per heavy atom. The molecule has 0 saturated heterocycles. The number of hydrogen-bond acceptors (Lipinski definition) is 4. The predicted octanol–water partition coefficient (Wildman–Crippen LogP) is 5.30. The summed E-state index contributed by atoms with van der Waals surface area (Å²) in [5.74, 6) is -1.43. The first-order chi connectivity index (χ1) is 20.0. The van der Waals surface area contributed by atoms with Crippen molar-refractivity contribution in [3.05, 3.63) is 101 Å². The van der Waals surface area contributed by atoms with Gasteiger partial charge in [0.1, 0.15) is 18.4 Å². The summed E-state index contributed by atoms with van der Waals surface area (Å²) in [5, 5.41) is 3.15. The Balaban J connectivity index is 1.74. The quantitative estimate of drug-likeness (QED) is 0.327. The molecular weight excluding hydrogens is 553 g/mol. The lowest BCUT2D eigenvalue weighted by Crippen LogP contribution is -2.55. The summed E-state index contributed by atoms with van der Waals surface area (Å²) in [6.45, 7) is 3.07. The van der Waals surface area contributed by atoms with Crippen LogP contribution in [0.4, 0.5) is 10.1 Å². The van der Waals surface area contributed by atoms with E-state index in [1.165, 1.54) is 11.0 Å². The number of rotatable bonds is 11. The molecule has 3 aromatic rings. The zero-order valence-electron chi connectivity index (χ0n) is 24.6. The number of benzene rings is 3. The van der Waals surface area contributed by atoms with Crippen LogP contribution >= 0.6 is 0 Å². The van der Waals surface area contributed by atoms with E-state index in [2.05, 4.69) is 5.32 Å². The molecule has 42 heavy (non-hydrogen) atoms. The Kier molecular flexibility index (Phi) is 10.4. The standard InChI is InChI=1S/C33H40FN3O4S/c1-24-18-19-29(20-25(24)2)37(42(3,40)41)23-32(38)36(22-27-14-10-11-17-30(27)34)31(21-26-12-6-4-7-13-26)33(39)35-28-15-8-5-9-16-28/h4,6-7,10-14,17-20,28,31H,5,8-9,15-16,21-23H2,1-3H3,(H,35,39)/t31-/m1/s1. The molecule has 4 rings (SSSR count). The zero-order chi connectivity index (χ0) is 30.3. The molecule has 1 atom stereocenters. The van der Waals surface area contributed by atoms with Crippen molar-refractivity contribution in [1.29, 1.82) is 0 Å². The maximum absolute atomic E-state index is 14.9. The van der Waals surface area contributed by atoms with Crippen molar-refractivity contribution >= 4 is 27.5 Å². The number of nitrogens with one attached hydrogen (secondary N) is 1. The molecule has 0 aliphatic heterocycles. The van der Waals surface area contributed by atoms with Gasteiger partial charge in [-0.3, -0.25) is 13.9 Å². The molecule has 2 amide bonds. The van der Waals surface area contributed by atoms with E-state index >= 15 is 0 Å². The predicted molar refractivity (Wildman–Crippen MR) is 164 cm³/mol. The van der Waals surface area contributed by atoms with Gasteiger partial charge < -0.3 is 10.2 Å². The summed E-state index contributed by atoms with van der Waals surface area (Å²) in [5.41, 5.74) is 3.30. The second kappa shape index (κ2) is 14.0. The third kappa shape index (κ3) is 8.18. The van der Waals surface area contributed by atoms with Crippen LogP contribution in [0.3, 0.4) is 0 Å². The van der Waals surface area contributed by atoms with Crippen molar-refractivity contribution in [2.24, 2.45) is 0 Å². The monoisotopic (exact) mass is 593 g/mol. The van der Waals surface area contributed by atoms with Crippen molar-refractivity contribution in [1.82, 2.24) is 10.2 Å². The van der Waals surface area contributed by atoms with Gasteiger partial charge in [-0.25, -0.2) is 12.8 Å². The van der Waals surface area contributed by atoms with Crippen molar-refractivity contribution in [3.63, 3.8) is 0 Å². The summed E-state index contributed by atoms with van der Waals surface area (Å²) in [4.78, 5) is 29.5. The van der Waals surface area contributed by atoms with E-state index in [1.54, 1.807) is 36.4 Å². The molecule has 0 heterocycles. The summed E-state index contributed by atoms with van der Waals surface area (Å²) in [6, 6.07) is 19.7. The minimum Gasteiger partial charge on any atom is -0.352 e. The summed E-state index contributed by atoms with van der Waals surface area (Å²) < 4.78 is 41.9. The van der Waals surface area contributed by atoms with E-state index in [-0.39, 0.29) is 30.5 Å². The minimum atomic E-state index is -3.87. The van der Waals surface area contributed by atoms with Crippen molar-refractivity contribution in [2.45, 2.75) is 71.0 Å². The Hall–Kier alpha value is -3.72. The third-order valence-corrected chi connectivity index (χ3v) is 9.12. The van der Waals surface area contributed by atoms with Crippen LogP contribution in [0.5, 0.6) is 0 Å². The molecule has 224 valence electrons. The third-order valence-electron chi connectivity index (χ3n) is 7.98. The highest BCUT2D eigenvalue weighted by Gasteiger charge is 2.34. The number of hydrogen-bond donors (Lipinski definition) is 1. The Labute approximate surface area is 248 Å². The van der Waals surface area contributed by atoms with Gasteiger partial charge in [-0.2, -0.15) is 0 Å². The minimum absolute atomic E-state index is 0.00186. The molecular formula is C33H40FN3O4S. The molecule has 1 N–H and O–H groups in total. The molecule has 0 radical (unpaired) electrons. The molecule has 0 spiro atoms. The number of halogens is 1. The summed E-state index contributed by atoms with van der Waals surface area (Å²) in [7, 11) is -3.87. The maximum atomic E-state index is 14.9. The maximum Gasteiger partial charge on any atom is 0.244 e. The first-order valence-electron chi connectivity index (χ1n) is 14.4. The van der Waals surface area contributed by atoms with Gasteiger partial charge in [-0.15, -0.1) is 0 Å². The SMILES string of the molecule is Cc1ccc(N(CC(=O)N(Cc2ccccc2F)[C@H](Cc2ccccc2)C(=O)NC2CCCCC2)S(C)(=O)=O)cc1C. The Morgan fingerprint density at radius 2 is 1.60 bits per heavy atom. The first kappa shape index (κ1) is 31.2. The first-order valence-corrected chi connectivity index (χ1v) is 16.3. The van der Waals surface area contributed by atoms with Gasteiger partial charge in [0.2, 0.25) is 21.8 Å². The second-order valence-electron chi connectivity index (χ2n) is 11.2. The lowest BCUT2D eigenvalue weighted by atomic mass is 9.94. The molecule has 1 fully saturated rings. The molecule has 1 aliphatic rings. The molecule has 0 aromatic heterocycles. The molecule has 1 saturated carbocycles. The number of anilines is 1. The van der Waals surface area contributed by atoms with E-state index in [0.717, 1.165) is 59.4 Å². The van der Waals surface area contributed by atoms with Gasteiger partial charge in [-0.1, -0.05) is 73.9 Å². The van der Waals surface area contributed by atoms with E-state index < -0.39 is 34.3 Å². The van der Waals surface area contributed by atoms with Crippen LogP contribution in [0, 0.1) is 19.7 Å². The van der Waals surface area contributed by atoms with Gasteiger partial charge in [0.25, 0.3) is 0 Å². The van der Waals surface area contributed by atoms with Crippen molar-refractivity contribution in [3.8, 4) is 0 Å². The smallest absolute Gasteiger partial charge is 0.244 e. The molecule has 0 unspecified atom stereocenters. The van der Waals surface area contributed by atoms with Crippen LogP contribution < -0.4 is 9.62 Å². The molecule has 9 heteroatoms. The van der Waals surface area contributed by atoms with E-state index in [1.807, 2.05) is 44.2 Å². The fraction of sp³-hybridized carbons (Fsp3) is 0.394. The highest BCUT2D eigenvalue weighted by Crippen LogP contribution is 2.24. The fourth-order valence-corrected chi connectivity index (χ4v) is 6.24. The highest BCUT2D eigenvalue weighted by molar-refractivity contribution is 7.92.